The van der Waals surface area contributed by atoms with E-state index in [0.717, 1.165) is 31.2 Å². The molecule has 16 heavy (non-hydrogen) atoms. The summed E-state index contributed by atoms with van der Waals surface area (Å²) in [5.41, 5.74) is 6.96. The maximum atomic E-state index is 9.80. The maximum Gasteiger partial charge on any atom is 0.125 e. The number of aryl methyl sites for hydroxylation is 1. The van der Waals surface area contributed by atoms with Gasteiger partial charge in [0.2, 0.25) is 0 Å². The van der Waals surface area contributed by atoms with Gasteiger partial charge in [0.1, 0.15) is 5.82 Å². The van der Waals surface area contributed by atoms with Crippen molar-refractivity contribution < 1.29 is 10.2 Å². The number of aliphatic hydroxyl groups excluding tert-OH is 2. The van der Waals surface area contributed by atoms with Crippen LogP contribution in [0.1, 0.15) is 37.3 Å². The number of hydrogen-bond acceptors (Lipinski definition) is 4. The molecule has 2 rings (SSSR count). The molecule has 2 atom stereocenters. The Kier molecular flexibility index (Phi) is 3.46. The van der Waals surface area contributed by atoms with Crippen LogP contribution in [-0.4, -0.2) is 32.7 Å². The van der Waals surface area contributed by atoms with E-state index in [0.29, 0.717) is 12.2 Å². The second-order valence-corrected chi connectivity index (χ2v) is 4.39. The molecule has 1 aromatic heterocycles. The van der Waals surface area contributed by atoms with Gasteiger partial charge in [0.15, 0.2) is 0 Å². The predicted molar refractivity (Wildman–Crippen MR) is 60.9 cm³/mol. The van der Waals surface area contributed by atoms with Crippen LogP contribution in [-0.2, 0) is 6.42 Å². The van der Waals surface area contributed by atoms with Crippen molar-refractivity contribution in [3.63, 3.8) is 0 Å². The lowest BCUT2D eigenvalue weighted by Crippen LogP contribution is -2.21. The lowest BCUT2D eigenvalue weighted by atomic mass is 10.2. The zero-order valence-corrected chi connectivity index (χ0v) is 9.34. The van der Waals surface area contributed by atoms with Gasteiger partial charge in [0, 0.05) is 12.2 Å². The SMILES string of the molecule is Nc1c(CCCO)cnn1C1CCCC1O. The summed E-state index contributed by atoms with van der Waals surface area (Å²) < 4.78 is 1.74. The van der Waals surface area contributed by atoms with Gasteiger partial charge in [-0.15, -0.1) is 0 Å². The number of hydrogen-bond donors (Lipinski definition) is 3. The highest BCUT2D eigenvalue weighted by Crippen LogP contribution is 2.32. The number of aromatic nitrogens is 2. The Bertz CT molecular complexity index is 351. The Balaban J connectivity index is 2.13. The lowest BCUT2D eigenvalue weighted by Gasteiger charge is -2.16. The second-order valence-electron chi connectivity index (χ2n) is 4.39. The van der Waals surface area contributed by atoms with Crippen LogP contribution in [0.4, 0.5) is 5.82 Å². The van der Waals surface area contributed by atoms with E-state index in [2.05, 4.69) is 5.10 Å². The fourth-order valence-electron chi connectivity index (χ4n) is 2.34. The average molecular weight is 225 g/mol. The van der Waals surface area contributed by atoms with Crippen LogP contribution in [0.25, 0.3) is 0 Å². The molecule has 0 aliphatic heterocycles. The van der Waals surface area contributed by atoms with Gasteiger partial charge in [-0.3, -0.25) is 0 Å². The summed E-state index contributed by atoms with van der Waals surface area (Å²) in [5, 5.41) is 22.8. The molecular formula is C11H19N3O2. The fraction of sp³-hybridized carbons (Fsp3) is 0.727. The number of nitrogens with zero attached hydrogens (tertiary/aromatic N) is 2. The number of nitrogens with two attached hydrogens (primary N) is 1. The molecule has 2 unspecified atom stereocenters. The zero-order valence-electron chi connectivity index (χ0n) is 9.34. The molecule has 0 bridgehead atoms. The van der Waals surface area contributed by atoms with Crippen molar-refractivity contribution in [2.75, 3.05) is 12.3 Å². The van der Waals surface area contributed by atoms with E-state index >= 15 is 0 Å². The summed E-state index contributed by atoms with van der Waals surface area (Å²) in [6.45, 7) is 0.163. The molecular weight excluding hydrogens is 206 g/mol. The van der Waals surface area contributed by atoms with Gasteiger partial charge in [-0.25, -0.2) is 4.68 Å². The third-order valence-corrected chi connectivity index (χ3v) is 3.28. The maximum absolute atomic E-state index is 9.80. The first-order valence-corrected chi connectivity index (χ1v) is 5.85. The molecule has 5 nitrogen and oxygen atoms in total. The quantitative estimate of drug-likeness (QED) is 0.695. The minimum atomic E-state index is -0.326. The number of aliphatic hydroxyl groups is 2. The minimum absolute atomic E-state index is 0.0304. The van der Waals surface area contributed by atoms with E-state index in [1.807, 2.05) is 0 Å². The lowest BCUT2D eigenvalue weighted by molar-refractivity contribution is 0.131. The van der Waals surface area contributed by atoms with Crippen molar-refractivity contribution in [1.82, 2.24) is 9.78 Å². The van der Waals surface area contributed by atoms with Crippen molar-refractivity contribution in [1.29, 1.82) is 0 Å². The molecule has 1 aromatic rings. The van der Waals surface area contributed by atoms with Crippen LogP contribution in [0.15, 0.2) is 6.20 Å². The van der Waals surface area contributed by atoms with Crippen molar-refractivity contribution >= 4 is 5.82 Å². The number of nitrogen functional groups attached to an aromatic ring is 1. The monoisotopic (exact) mass is 225 g/mol. The summed E-state index contributed by atoms with van der Waals surface area (Å²) in [5.74, 6) is 0.638. The molecule has 0 saturated heterocycles. The van der Waals surface area contributed by atoms with Crippen LogP contribution in [0.5, 0.6) is 0 Å². The third-order valence-electron chi connectivity index (χ3n) is 3.28. The summed E-state index contributed by atoms with van der Waals surface area (Å²) in [6.07, 6.45) is 5.65. The van der Waals surface area contributed by atoms with Gasteiger partial charge < -0.3 is 15.9 Å². The summed E-state index contributed by atoms with van der Waals surface area (Å²) in [6, 6.07) is 0.0304. The van der Waals surface area contributed by atoms with E-state index in [-0.39, 0.29) is 18.8 Å². The topological polar surface area (TPSA) is 84.3 Å². The van der Waals surface area contributed by atoms with Gasteiger partial charge in [0.05, 0.1) is 18.3 Å². The van der Waals surface area contributed by atoms with Crippen LogP contribution < -0.4 is 5.73 Å². The van der Waals surface area contributed by atoms with Gasteiger partial charge in [-0.05, 0) is 32.1 Å². The zero-order chi connectivity index (χ0) is 11.5. The highest BCUT2D eigenvalue weighted by atomic mass is 16.3. The highest BCUT2D eigenvalue weighted by molar-refractivity contribution is 5.39. The molecule has 0 spiro atoms. The highest BCUT2D eigenvalue weighted by Gasteiger charge is 2.29. The van der Waals surface area contributed by atoms with Crippen molar-refractivity contribution in [2.45, 2.75) is 44.2 Å². The molecule has 4 N–H and O–H groups in total. The first kappa shape index (κ1) is 11.4. The van der Waals surface area contributed by atoms with Crippen molar-refractivity contribution in [3.05, 3.63) is 11.8 Å². The first-order valence-electron chi connectivity index (χ1n) is 5.85. The fourth-order valence-corrected chi connectivity index (χ4v) is 2.34. The number of rotatable bonds is 4. The molecule has 1 heterocycles. The van der Waals surface area contributed by atoms with Crippen LogP contribution in [0.3, 0.4) is 0 Å². The Morgan fingerprint density at radius 2 is 2.31 bits per heavy atom. The van der Waals surface area contributed by atoms with Crippen LogP contribution in [0, 0.1) is 0 Å². The Morgan fingerprint density at radius 3 is 2.94 bits per heavy atom. The Labute approximate surface area is 94.9 Å². The van der Waals surface area contributed by atoms with Gasteiger partial charge in [-0.1, -0.05) is 0 Å². The second kappa shape index (κ2) is 4.84. The molecule has 0 aromatic carbocycles. The predicted octanol–water partition coefficient (Wildman–Crippen LogP) is 0.476. The first-order chi connectivity index (χ1) is 7.74. The van der Waals surface area contributed by atoms with E-state index in [4.69, 9.17) is 10.8 Å². The Morgan fingerprint density at radius 1 is 1.50 bits per heavy atom. The third kappa shape index (κ3) is 2.05. The van der Waals surface area contributed by atoms with E-state index in [9.17, 15) is 5.11 Å². The van der Waals surface area contributed by atoms with Crippen LogP contribution >= 0.6 is 0 Å². The number of anilines is 1. The Hall–Kier alpha value is -1.07. The van der Waals surface area contributed by atoms with Gasteiger partial charge >= 0.3 is 0 Å². The van der Waals surface area contributed by atoms with E-state index < -0.39 is 0 Å². The summed E-state index contributed by atoms with van der Waals surface area (Å²) in [4.78, 5) is 0. The van der Waals surface area contributed by atoms with Gasteiger partial charge in [-0.2, -0.15) is 5.10 Å². The largest absolute Gasteiger partial charge is 0.396 e. The molecule has 5 heteroatoms. The van der Waals surface area contributed by atoms with E-state index in [1.54, 1.807) is 10.9 Å². The molecule has 1 saturated carbocycles. The standard InChI is InChI=1S/C11H19N3O2/c12-11-8(3-2-6-15)7-13-14(11)9-4-1-5-10(9)16/h7,9-10,15-16H,1-6,12H2. The molecule has 1 aliphatic carbocycles. The molecule has 1 fully saturated rings. The summed E-state index contributed by atoms with van der Waals surface area (Å²) in [7, 11) is 0. The van der Waals surface area contributed by atoms with Crippen molar-refractivity contribution in [2.24, 2.45) is 0 Å². The molecule has 1 aliphatic rings. The van der Waals surface area contributed by atoms with Gasteiger partial charge in [0.25, 0.3) is 0 Å². The minimum Gasteiger partial charge on any atom is -0.396 e. The molecule has 0 amide bonds. The summed E-state index contributed by atoms with van der Waals surface area (Å²) >= 11 is 0. The average Bonchev–Trinajstić information content (AvgIpc) is 2.83. The van der Waals surface area contributed by atoms with E-state index in [1.165, 1.54) is 0 Å². The molecule has 90 valence electrons. The van der Waals surface area contributed by atoms with Crippen LogP contribution in [0.2, 0.25) is 0 Å². The smallest absolute Gasteiger partial charge is 0.125 e. The molecule has 0 radical (unpaired) electrons. The normalized spacial score (nSPS) is 25.1. The van der Waals surface area contributed by atoms with Crippen molar-refractivity contribution in [3.8, 4) is 0 Å².